The molecular weight excluding hydrogens is 232 g/mol. The predicted octanol–water partition coefficient (Wildman–Crippen LogP) is 0.546. The first-order valence-electron chi connectivity index (χ1n) is 5.99. The van der Waals surface area contributed by atoms with Crippen molar-refractivity contribution in [3.05, 3.63) is 11.9 Å². The van der Waals surface area contributed by atoms with Gasteiger partial charge in [0.15, 0.2) is 0 Å². The normalized spacial score (nSPS) is 25.6. The lowest BCUT2D eigenvalue weighted by atomic mass is 9.64. The van der Waals surface area contributed by atoms with Gasteiger partial charge in [0.2, 0.25) is 0 Å². The number of nitrogens with one attached hydrogen (secondary N) is 1. The number of nitrogens with zero attached hydrogens (tertiary/aromatic N) is 2. The fraction of sp³-hybridized carbons (Fsp3) is 0.667. The Bertz CT molecular complexity index is 447. The number of ether oxygens (including phenoxy) is 1. The van der Waals surface area contributed by atoms with Crippen molar-refractivity contribution in [3.8, 4) is 0 Å². The van der Waals surface area contributed by atoms with Crippen LogP contribution in [0, 0.1) is 5.41 Å². The molecular formula is C12H20N4O2. The quantitative estimate of drug-likeness (QED) is 0.823. The summed E-state index contributed by atoms with van der Waals surface area (Å²) in [6, 6.07) is 0.101. The van der Waals surface area contributed by atoms with Crippen LogP contribution in [-0.2, 0) is 11.8 Å². The minimum Gasteiger partial charge on any atom is -0.396 e. The topological polar surface area (TPSA) is 82.2 Å². The van der Waals surface area contributed by atoms with Crippen molar-refractivity contribution in [1.29, 1.82) is 0 Å². The van der Waals surface area contributed by atoms with E-state index in [1.807, 2.05) is 0 Å². The van der Waals surface area contributed by atoms with Gasteiger partial charge in [-0.3, -0.25) is 9.48 Å². The second-order valence-corrected chi connectivity index (χ2v) is 5.38. The Morgan fingerprint density at radius 2 is 2.33 bits per heavy atom. The van der Waals surface area contributed by atoms with Gasteiger partial charge in [0, 0.05) is 25.6 Å². The number of aryl methyl sites for hydroxylation is 1. The number of hydrogen-bond acceptors (Lipinski definition) is 4. The molecule has 2 atom stereocenters. The van der Waals surface area contributed by atoms with E-state index in [1.165, 1.54) is 10.9 Å². The zero-order valence-corrected chi connectivity index (χ0v) is 11.2. The first-order valence-corrected chi connectivity index (χ1v) is 5.99. The van der Waals surface area contributed by atoms with E-state index in [0.29, 0.717) is 11.4 Å². The lowest BCUT2D eigenvalue weighted by Gasteiger charge is -2.51. The molecule has 2 unspecified atom stereocenters. The number of nitrogens with two attached hydrogens (primary N) is 1. The summed E-state index contributed by atoms with van der Waals surface area (Å²) in [5.41, 5.74) is 6.48. The average molecular weight is 252 g/mol. The van der Waals surface area contributed by atoms with Gasteiger partial charge < -0.3 is 15.8 Å². The van der Waals surface area contributed by atoms with Crippen molar-refractivity contribution in [3.63, 3.8) is 0 Å². The van der Waals surface area contributed by atoms with Crippen LogP contribution in [0.4, 0.5) is 5.69 Å². The van der Waals surface area contributed by atoms with Gasteiger partial charge in [0.05, 0.1) is 18.0 Å². The van der Waals surface area contributed by atoms with Gasteiger partial charge in [0.1, 0.15) is 5.69 Å². The largest absolute Gasteiger partial charge is 0.396 e. The van der Waals surface area contributed by atoms with Crippen LogP contribution in [0.1, 0.15) is 30.8 Å². The molecule has 2 rings (SSSR count). The van der Waals surface area contributed by atoms with Gasteiger partial charge in [0.25, 0.3) is 5.91 Å². The highest BCUT2D eigenvalue weighted by atomic mass is 16.5. The van der Waals surface area contributed by atoms with Gasteiger partial charge in [-0.2, -0.15) is 5.10 Å². The Kier molecular flexibility index (Phi) is 3.06. The molecule has 1 heterocycles. The van der Waals surface area contributed by atoms with Crippen molar-refractivity contribution >= 4 is 11.6 Å². The molecule has 1 aromatic rings. The number of methoxy groups -OCH3 is 1. The molecule has 1 aliphatic carbocycles. The molecule has 1 saturated carbocycles. The Morgan fingerprint density at radius 1 is 1.67 bits per heavy atom. The zero-order valence-electron chi connectivity index (χ0n) is 11.2. The van der Waals surface area contributed by atoms with Crippen molar-refractivity contribution in [2.45, 2.75) is 32.4 Å². The number of anilines is 1. The number of carbonyl (C=O) groups excluding carboxylic acids is 1. The van der Waals surface area contributed by atoms with Crippen LogP contribution in [0.3, 0.4) is 0 Å². The number of carbonyl (C=O) groups is 1. The summed E-state index contributed by atoms with van der Waals surface area (Å²) in [6.45, 7) is 4.17. The third-order valence-electron chi connectivity index (χ3n) is 3.95. The summed E-state index contributed by atoms with van der Waals surface area (Å²) in [5, 5.41) is 6.96. The first kappa shape index (κ1) is 12.9. The predicted molar refractivity (Wildman–Crippen MR) is 68.1 cm³/mol. The van der Waals surface area contributed by atoms with Crippen molar-refractivity contribution < 1.29 is 9.53 Å². The molecule has 18 heavy (non-hydrogen) atoms. The molecule has 0 spiro atoms. The second kappa shape index (κ2) is 4.28. The number of amides is 1. The van der Waals surface area contributed by atoms with E-state index >= 15 is 0 Å². The lowest BCUT2D eigenvalue weighted by Crippen LogP contribution is -2.61. The van der Waals surface area contributed by atoms with Crippen LogP contribution in [-0.4, -0.2) is 34.9 Å². The highest BCUT2D eigenvalue weighted by Crippen LogP contribution is 2.42. The van der Waals surface area contributed by atoms with E-state index < -0.39 is 0 Å². The maximum absolute atomic E-state index is 12.1. The Morgan fingerprint density at radius 3 is 2.78 bits per heavy atom. The van der Waals surface area contributed by atoms with Crippen LogP contribution in [0.2, 0.25) is 0 Å². The van der Waals surface area contributed by atoms with Crippen molar-refractivity contribution in [2.24, 2.45) is 12.5 Å². The molecule has 6 heteroatoms. The van der Waals surface area contributed by atoms with E-state index in [-0.39, 0.29) is 23.5 Å². The highest BCUT2D eigenvalue weighted by Gasteiger charge is 2.49. The molecule has 0 saturated heterocycles. The van der Waals surface area contributed by atoms with Crippen LogP contribution < -0.4 is 11.1 Å². The number of rotatable bonds is 3. The molecule has 0 bridgehead atoms. The molecule has 0 aromatic carbocycles. The number of hydrogen-bond donors (Lipinski definition) is 2. The van der Waals surface area contributed by atoms with Gasteiger partial charge in [-0.25, -0.2) is 0 Å². The molecule has 0 aliphatic heterocycles. The van der Waals surface area contributed by atoms with Gasteiger partial charge >= 0.3 is 0 Å². The van der Waals surface area contributed by atoms with Gasteiger partial charge in [-0.05, 0) is 6.42 Å². The summed E-state index contributed by atoms with van der Waals surface area (Å²) in [6.07, 6.45) is 2.50. The van der Waals surface area contributed by atoms with E-state index in [9.17, 15) is 4.79 Å². The smallest absolute Gasteiger partial charge is 0.271 e. The SMILES string of the molecule is COC1CC(NC(=O)c2c(N)cnn2C)C1(C)C. The Hall–Kier alpha value is -1.56. The highest BCUT2D eigenvalue weighted by molar-refractivity contribution is 5.97. The molecule has 0 radical (unpaired) electrons. The molecule has 1 aliphatic rings. The van der Waals surface area contributed by atoms with Crippen LogP contribution in [0.15, 0.2) is 6.20 Å². The zero-order chi connectivity index (χ0) is 13.5. The van der Waals surface area contributed by atoms with Crippen LogP contribution in [0.5, 0.6) is 0 Å². The third-order valence-corrected chi connectivity index (χ3v) is 3.95. The summed E-state index contributed by atoms with van der Waals surface area (Å²) in [7, 11) is 3.40. The molecule has 6 nitrogen and oxygen atoms in total. The molecule has 1 fully saturated rings. The monoisotopic (exact) mass is 252 g/mol. The third kappa shape index (κ3) is 1.86. The van der Waals surface area contributed by atoms with E-state index in [2.05, 4.69) is 24.3 Å². The fourth-order valence-electron chi connectivity index (χ4n) is 2.49. The van der Waals surface area contributed by atoms with Crippen LogP contribution in [0.25, 0.3) is 0 Å². The molecule has 1 aromatic heterocycles. The summed E-state index contributed by atoms with van der Waals surface area (Å²) in [5.74, 6) is -0.180. The second-order valence-electron chi connectivity index (χ2n) is 5.38. The lowest BCUT2D eigenvalue weighted by molar-refractivity contribution is -0.0942. The van der Waals surface area contributed by atoms with E-state index in [0.717, 1.165) is 6.42 Å². The standard InChI is InChI=1S/C12H20N4O2/c1-12(2)8(5-9(12)18-4)15-11(17)10-7(13)6-14-16(10)3/h6,8-9H,5,13H2,1-4H3,(H,15,17). The Labute approximate surface area is 106 Å². The van der Waals surface area contributed by atoms with Crippen LogP contribution >= 0.6 is 0 Å². The number of nitrogen functional groups attached to an aromatic ring is 1. The van der Waals surface area contributed by atoms with E-state index in [4.69, 9.17) is 10.5 Å². The van der Waals surface area contributed by atoms with Gasteiger partial charge in [-0.1, -0.05) is 13.8 Å². The maximum Gasteiger partial charge on any atom is 0.271 e. The maximum atomic E-state index is 12.1. The first-order chi connectivity index (χ1) is 8.37. The summed E-state index contributed by atoms with van der Waals surface area (Å²) in [4.78, 5) is 12.1. The molecule has 100 valence electrons. The molecule has 1 amide bonds. The summed E-state index contributed by atoms with van der Waals surface area (Å²) >= 11 is 0. The van der Waals surface area contributed by atoms with Crippen molar-refractivity contribution in [2.75, 3.05) is 12.8 Å². The fourth-order valence-corrected chi connectivity index (χ4v) is 2.49. The number of aromatic nitrogens is 2. The minimum atomic E-state index is -0.180. The summed E-state index contributed by atoms with van der Waals surface area (Å²) < 4.78 is 6.85. The van der Waals surface area contributed by atoms with Gasteiger partial charge in [-0.15, -0.1) is 0 Å². The molecule has 3 N–H and O–H groups in total. The van der Waals surface area contributed by atoms with E-state index in [1.54, 1.807) is 14.2 Å². The van der Waals surface area contributed by atoms with Crippen molar-refractivity contribution in [1.82, 2.24) is 15.1 Å². The Balaban J connectivity index is 2.06. The minimum absolute atomic E-state index is 0.0578. The average Bonchev–Trinajstić information content (AvgIpc) is 2.63.